The van der Waals surface area contributed by atoms with E-state index >= 15 is 0 Å². The summed E-state index contributed by atoms with van der Waals surface area (Å²) < 4.78 is 10.7. The molecule has 0 atom stereocenters. The average molecular weight is 407 g/mol. The minimum atomic E-state index is -0.533. The summed E-state index contributed by atoms with van der Waals surface area (Å²) in [5, 5.41) is 0.00777. The predicted octanol–water partition coefficient (Wildman–Crippen LogP) is 6.41. The van der Waals surface area contributed by atoms with Crippen LogP contribution in [-0.2, 0) is 10.2 Å². The average Bonchev–Trinajstić information content (AvgIpc) is 2.56. The van der Waals surface area contributed by atoms with Crippen LogP contribution in [-0.4, -0.2) is 17.9 Å². The second kappa shape index (κ2) is 8.81. The molecule has 0 aliphatic heterocycles. The van der Waals surface area contributed by atoms with E-state index < -0.39 is 11.3 Å². The summed E-state index contributed by atoms with van der Waals surface area (Å²) in [6.45, 7) is 10.1. The first-order valence-corrected chi connectivity index (χ1v) is 9.78. The maximum Gasteiger partial charge on any atom is 0.372 e. The van der Waals surface area contributed by atoms with Gasteiger partial charge in [0.05, 0.1) is 17.1 Å². The van der Waals surface area contributed by atoms with Crippen molar-refractivity contribution in [2.45, 2.75) is 44.9 Å². The Hall–Kier alpha value is -1.98. The molecule has 27 heavy (non-hydrogen) atoms. The lowest BCUT2D eigenvalue weighted by Gasteiger charge is -2.22. The van der Waals surface area contributed by atoms with Gasteiger partial charge in [-0.05, 0) is 66.4 Å². The summed E-state index contributed by atoms with van der Waals surface area (Å²) in [5.74, 6) is -0.180. The first-order chi connectivity index (χ1) is 12.6. The molecule has 0 aliphatic carbocycles. The zero-order valence-electron chi connectivity index (χ0n) is 16.1. The Morgan fingerprint density at radius 3 is 2.44 bits per heavy atom. The summed E-state index contributed by atoms with van der Waals surface area (Å²) in [7, 11) is 0. The molecular formula is C21H23ClO4S. The number of halogens is 1. The van der Waals surface area contributed by atoms with E-state index in [1.807, 2.05) is 19.1 Å². The van der Waals surface area contributed by atoms with Crippen LogP contribution >= 0.6 is 23.4 Å². The number of hydrogen-bond donors (Lipinski definition) is 0. The molecule has 2 aromatic carbocycles. The Kier molecular flexibility index (Phi) is 6.95. The van der Waals surface area contributed by atoms with Gasteiger partial charge in [0, 0.05) is 5.02 Å². The molecule has 0 unspecified atom stereocenters. The van der Waals surface area contributed by atoms with Crippen LogP contribution in [0.3, 0.4) is 0 Å². The Bertz CT molecular complexity index is 856. The summed E-state index contributed by atoms with van der Waals surface area (Å²) in [6.07, 6.45) is 0. The fourth-order valence-electron chi connectivity index (χ4n) is 2.39. The number of rotatable bonds is 4. The third-order valence-corrected chi connectivity index (χ3v) is 4.86. The van der Waals surface area contributed by atoms with Crippen LogP contribution < -0.4 is 4.74 Å². The van der Waals surface area contributed by atoms with E-state index in [-0.39, 0.29) is 12.0 Å². The van der Waals surface area contributed by atoms with E-state index in [0.29, 0.717) is 21.2 Å². The van der Waals surface area contributed by atoms with Crippen LogP contribution in [0.15, 0.2) is 41.3 Å². The van der Waals surface area contributed by atoms with Crippen molar-refractivity contribution in [3.63, 3.8) is 0 Å². The summed E-state index contributed by atoms with van der Waals surface area (Å²) in [4.78, 5) is 25.1. The molecule has 0 heterocycles. The second-order valence-corrected chi connectivity index (χ2v) is 8.47. The van der Waals surface area contributed by atoms with Gasteiger partial charge in [0.25, 0.3) is 0 Å². The van der Waals surface area contributed by atoms with Crippen LogP contribution in [0, 0.1) is 6.92 Å². The standard InChI is InChI=1S/C21H23ClO4S/c1-6-25-20(24)27-17-12-15(21(3,4)5)10-13(2)18(17)26-19(23)14-8-7-9-16(22)11-14/h7-12H,6H2,1-5H3. The first kappa shape index (κ1) is 21.3. The minimum Gasteiger partial charge on any atom is -0.458 e. The number of aryl methyl sites for hydroxylation is 1. The Balaban J connectivity index is 2.43. The molecular weight excluding hydrogens is 384 g/mol. The molecule has 0 aromatic heterocycles. The van der Waals surface area contributed by atoms with Gasteiger partial charge < -0.3 is 9.47 Å². The van der Waals surface area contributed by atoms with Gasteiger partial charge in [0.2, 0.25) is 0 Å². The number of esters is 1. The Labute approximate surface area is 169 Å². The van der Waals surface area contributed by atoms with Gasteiger partial charge in [-0.15, -0.1) is 0 Å². The van der Waals surface area contributed by atoms with Crippen molar-refractivity contribution in [3.05, 3.63) is 58.1 Å². The van der Waals surface area contributed by atoms with Crippen molar-refractivity contribution < 1.29 is 19.1 Å². The fourth-order valence-corrected chi connectivity index (χ4v) is 3.41. The third-order valence-electron chi connectivity index (χ3n) is 3.82. The second-order valence-electron chi connectivity index (χ2n) is 7.06. The van der Waals surface area contributed by atoms with Crippen molar-refractivity contribution >= 4 is 34.6 Å². The molecule has 0 radical (unpaired) electrons. The van der Waals surface area contributed by atoms with E-state index in [4.69, 9.17) is 21.1 Å². The highest BCUT2D eigenvalue weighted by Crippen LogP contribution is 2.38. The third kappa shape index (κ3) is 5.75. The highest BCUT2D eigenvalue weighted by atomic mass is 35.5. The van der Waals surface area contributed by atoms with Crippen LogP contribution in [0.4, 0.5) is 4.79 Å². The molecule has 0 spiro atoms. The van der Waals surface area contributed by atoms with Crippen LogP contribution in [0.5, 0.6) is 5.75 Å². The highest BCUT2D eigenvalue weighted by Gasteiger charge is 2.22. The van der Waals surface area contributed by atoms with Crippen molar-refractivity contribution in [3.8, 4) is 5.75 Å². The van der Waals surface area contributed by atoms with E-state index in [0.717, 1.165) is 22.9 Å². The molecule has 0 N–H and O–H groups in total. The SMILES string of the molecule is CCOC(=O)Sc1cc(C(C)(C)C)cc(C)c1OC(=O)c1cccc(Cl)c1. The quantitative estimate of drug-likeness (QED) is 0.333. The lowest BCUT2D eigenvalue weighted by atomic mass is 9.86. The van der Waals surface area contributed by atoms with Crippen LogP contribution in [0.2, 0.25) is 5.02 Å². The summed E-state index contributed by atoms with van der Waals surface area (Å²) in [5.41, 5.74) is 2.03. The van der Waals surface area contributed by atoms with Crippen molar-refractivity contribution in [2.75, 3.05) is 6.61 Å². The molecule has 0 amide bonds. The van der Waals surface area contributed by atoms with Crippen molar-refractivity contribution in [2.24, 2.45) is 0 Å². The minimum absolute atomic E-state index is 0.121. The van der Waals surface area contributed by atoms with Gasteiger partial charge in [-0.2, -0.15) is 0 Å². The largest absolute Gasteiger partial charge is 0.458 e. The van der Waals surface area contributed by atoms with E-state index in [1.54, 1.807) is 31.2 Å². The number of hydrogen-bond acceptors (Lipinski definition) is 5. The number of carbonyl (C=O) groups is 2. The van der Waals surface area contributed by atoms with E-state index in [9.17, 15) is 9.59 Å². The molecule has 0 fully saturated rings. The number of carbonyl (C=O) groups excluding carboxylic acids is 2. The molecule has 6 heteroatoms. The first-order valence-electron chi connectivity index (χ1n) is 8.59. The number of benzene rings is 2. The lowest BCUT2D eigenvalue weighted by Crippen LogP contribution is -2.14. The Morgan fingerprint density at radius 1 is 1.15 bits per heavy atom. The lowest BCUT2D eigenvalue weighted by molar-refractivity contribution is 0.0729. The zero-order valence-corrected chi connectivity index (χ0v) is 17.7. The molecule has 4 nitrogen and oxygen atoms in total. The van der Waals surface area contributed by atoms with Crippen LogP contribution in [0.25, 0.3) is 0 Å². The van der Waals surface area contributed by atoms with Gasteiger partial charge >= 0.3 is 11.3 Å². The molecule has 0 aliphatic rings. The maximum absolute atomic E-state index is 12.6. The molecule has 0 saturated heterocycles. The van der Waals surface area contributed by atoms with E-state index in [2.05, 4.69) is 20.8 Å². The van der Waals surface area contributed by atoms with Gasteiger partial charge in [-0.1, -0.05) is 44.5 Å². The van der Waals surface area contributed by atoms with Gasteiger partial charge in [-0.3, -0.25) is 0 Å². The maximum atomic E-state index is 12.6. The van der Waals surface area contributed by atoms with Gasteiger partial charge in [-0.25, -0.2) is 9.59 Å². The van der Waals surface area contributed by atoms with Crippen molar-refractivity contribution in [1.29, 1.82) is 0 Å². The summed E-state index contributed by atoms with van der Waals surface area (Å²) >= 11 is 6.87. The normalized spacial score (nSPS) is 11.2. The Morgan fingerprint density at radius 2 is 1.85 bits per heavy atom. The zero-order chi connectivity index (χ0) is 20.2. The molecule has 0 bridgehead atoms. The summed E-state index contributed by atoms with van der Waals surface area (Å²) in [6, 6.07) is 10.4. The topological polar surface area (TPSA) is 52.6 Å². The molecule has 144 valence electrons. The molecule has 2 rings (SSSR count). The predicted molar refractivity (Wildman–Crippen MR) is 109 cm³/mol. The van der Waals surface area contributed by atoms with Gasteiger partial charge in [0.15, 0.2) is 0 Å². The van der Waals surface area contributed by atoms with Crippen LogP contribution in [0.1, 0.15) is 49.2 Å². The molecule has 2 aromatic rings. The molecule has 0 saturated carbocycles. The number of ether oxygens (including phenoxy) is 2. The highest BCUT2D eigenvalue weighted by molar-refractivity contribution is 8.13. The van der Waals surface area contributed by atoms with Crippen molar-refractivity contribution in [1.82, 2.24) is 0 Å². The van der Waals surface area contributed by atoms with Gasteiger partial charge in [0.1, 0.15) is 5.75 Å². The fraction of sp³-hybridized carbons (Fsp3) is 0.333. The smallest absolute Gasteiger partial charge is 0.372 e. The number of thioether (sulfide) groups is 1. The van der Waals surface area contributed by atoms with E-state index in [1.165, 1.54) is 0 Å². The monoisotopic (exact) mass is 406 g/mol.